The van der Waals surface area contributed by atoms with Crippen LogP contribution in [-0.2, 0) is 13.0 Å². The first-order valence-electron chi connectivity index (χ1n) is 12.5. The van der Waals surface area contributed by atoms with Crippen molar-refractivity contribution < 1.29 is 14.7 Å². The van der Waals surface area contributed by atoms with Gasteiger partial charge in [-0.3, -0.25) is 14.5 Å². The quantitative estimate of drug-likeness (QED) is 0.403. The number of H-pyrrole nitrogens is 1. The number of nitrogens with zero attached hydrogens (tertiary/aromatic N) is 2. The van der Waals surface area contributed by atoms with E-state index in [1.54, 1.807) is 0 Å². The molecule has 0 saturated heterocycles. The first-order chi connectivity index (χ1) is 17.0. The maximum atomic E-state index is 13.1. The van der Waals surface area contributed by atoms with Crippen LogP contribution < -0.4 is 10.6 Å². The molecule has 8 nitrogen and oxygen atoms in total. The first kappa shape index (κ1) is 24.0. The third-order valence-corrected chi connectivity index (χ3v) is 8.14. The second-order valence-corrected chi connectivity index (χ2v) is 10.8. The molecule has 9 heteroatoms. The predicted octanol–water partition coefficient (Wildman–Crippen LogP) is 3.14. The van der Waals surface area contributed by atoms with Gasteiger partial charge in [0.15, 0.2) is 5.01 Å². The summed E-state index contributed by atoms with van der Waals surface area (Å²) in [5.74, 6) is -0.295. The van der Waals surface area contributed by atoms with E-state index in [0.29, 0.717) is 10.7 Å². The van der Waals surface area contributed by atoms with E-state index in [1.165, 1.54) is 11.3 Å². The van der Waals surface area contributed by atoms with Crippen LogP contribution >= 0.6 is 11.3 Å². The Balaban J connectivity index is 1.23. The lowest BCUT2D eigenvalue weighted by Gasteiger charge is -2.32. The SMILES string of the molecule is Cc1ccc2[nH]c(C(=O)N[C@H]3CCCC[C@H]3NC(=O)c3nc4c(s3)CN(CCCO)CC4)cc2c1. The van der Waals surface area contributed by atoms with Crippen LogP contribution in [0.5, 0.6) is 0 Å². The summed E-state index contributed by atoms with van der Waals surface area (Å²) in [6.45, 7) is 4.77. The summed E-state index contributed by atoms with van der Waals surface area (Å²) in [4.78, 5) is 37.4. The fourth-order valence-electron chi connectivity index (χ4n) is 5.16. The number of nitrogens with one attached hydrogen (secondary N) is 3. The van der Waals surface area contributed by atoms with Crippen molar-refractivity contribution >= 4 is 34.1 Å². The van der Waals surface area contributed by atoms with Crippen molar-refractivity contribution in [2.24, 2.45) is 0 Å². The highest BCUT2D eigenvalue weighted by atomic mass is 32.1. The number of carbonyl (C=O) groups excluding carboxylic acids is 2. The van der Waals surface area contributed by atoms with Crippen LogP contribution in [0.2, 0.25) is 0 Å². The Kier molecular flexibility index (Phi) is 7.17. The molecular formula is C26H33N5O3S. The monoisotopic (exact) mass is 495 g/mol. The summed E-state index contributed by atoms with van der Waals surface area (Å²) in [5.41, 5.74) is 3.65. The van der Waals surface area contributed by atoms with Crippen molar-refractivity contribution in [2.75, 3.05) is 19.7 Å². The van der Waals surface area contributed by atoms with E-state index >= 15 is 0 Å². The van der Waals surface area contributed by atoms with E-state index in [-0.39, 0.29) is 30.5 Å². The Bertz CT molecular complexity index is 1220. The van der Waals surface area contributed by atoms with Crippen LogP contribution in [0.15, 0.2) is 24.3 Å². The lowest BCUT2D eigenvalue weighted by atomic mass is 9.90. The highest BCUT2D eigenvalue weighted by Gasteiger charge is 2.30. The van der Waals surface area contributed by atoms with Crippen molar-refractivity contribution in [1.82, 2.24) is 25.5 Å². The highest BCUT2D eigenvalue weighted by Crippen LogP contribution is 2.26. The minimum atomic E-state index is -0.154. The number of rotatable bonds is 7. The zero-order chi connectivity index (χ0) is 24.4. The molecule has 2 atom stereocenters. The number of thiazole rings is 1. The largest absolute Gasteiger partial charge is 0.396 e. The van der Waals surface area contributed by atoms with Gasteiger partial charge in [-0.1, -0.05) is 24.5 Å². The summed E-state index contributed by atoms with van der Waals surface area (Å²) in [7, 11) is 0. The maximum Gasteiger partial charge on any atom is 0.280 e. The predicted molar refractivity (Wildman–Crippen MR) is 137 cm³/mol. The maximum absolute atomic E-state index is 13.1. The van der Waals surface area contributed by atoms with E-state index in [0.717, 1.165) is 85.2 Å². The molecule has 1 aliphatic heterocycles. The van der Waals surface area contributed by atoms with Crippen LogP contribution in [0.4, 0.5) is 0 Å². The van der Waals surface area contributed by atoms with Gasteiger partial charge in [0, 0.05) is 60.5 Å². The number of carbonyl (C=O) groups is 2. The Morgan fingerprint density at radius 2 is 1.94 bits per heavy atom. The van der Waals surface area contributed by atoms with Gasteiger partial charge in [0.05, 0.1) is 5.69 Å². The van der Waals surface area contributed by atoms with Crippen molar-refractivity contribution in [3.05, 3.63) is 51.1 Å². The molecule has 0 unspecified atom stereocenters. The number of amides is 2. The third kappa shape index (κ3) is 5.42. The second kappa shape index (κ2) is 10.5. The molecule has 1 saturated carbocycles. The molecule has 3 heterocycles. The fourth-order valence-corrected chi connectivity index (χ4v) is 6.21. The Morgan fingerprint density at radius 1 is 1.17 bits per heavy atom. The molecule has 4 N–H and O–H groups in total. The lowest BCUT2D eigenvalue weighted by Crippen LogP contribution is -2.53. The average molecular weight is 496 g/mol. The minimum Gasteiger partial charge on any atom is -0.396 e. The van der Waals surface area contributed by atoms with Crippen molar-refractivity contribution in [2.45, 2.75) is 64.1 Å². The molecule has 5 rings (SSSR count). The van der Waals surface area contributed by atoms with Gasteiger partial charge < -0.3 is 20.7 Å². The number of aromatic nitrogens is 2. The number of benzene rings is 1. The number of aliphatic hydroxyl groups excluding tert-OH is 1. The van der Waals surface area contributed by atoms with Gasteiger partial charge >= 0.3 is 0 Å². The van der Waals surface area contributed by atoms with Crippen molar-refractivity contribution in [3.63, 3.8) is 0 Å². The summed E-state index contributed by atoms with van der Waals surface area (Å²) < 4.78 is 0. The molecular weight excluding hydrogens is 462 g/mol. The summed E-state index contributed by atoms with van der Waals surface area (Å²) in [5, 5.41) is 16.9. The van der Waals surface area contributed by atoms with E-state index in [2.05, 4.69) is 31.6 Å². The molecule has 0 bridgehead atoms. The van der Waals surface area contributed by atoms with Crippen LogP contribution in [0.25, 0.3) is 10.9 Å². The standard InChI is InChI=1S/C26H33N5O3S/c1-16-7-8-18-17(13-16)14-22(27-18)24(33)28-19-5-2-3-6-20(19)29-25(34)26-30-21-9-11-31(10-4-12-32)15-23(21)35-26/h7-8,13-14,19-20,27,32H,2-6,9-12,15H2,1H3,(H,28,33)(H,29,34)/t19-,20+/m0/s1. The van der Waals surface area contributed by atoms with E-state index in [1.807, 2.05) is 25.1 Å². The molecule has 2 aromatic heterocycles. The zero-order valence-corrected chi connectivity index (χ0v) is 20.9. The van der Waals surface area contributed by atoms with Crippen LogP contribution in [0, 0.1) is 6.92 Å². The van der Waals surface area contributed by atoms with Crippen LogP contribution in [0.1, 0.15) is 68.5 Å². The van der Waals surface area contributed by atoms with Gasteiger partial charge in [-0.15, -0.1) is 11.3 Å². The van der Waals surface area contributed by atoms with Crippen molar-refractivity contribution in [1.29, 1.82) is 0 Å². The molecule has 2 aliphatic rings. The molecule has 0 spiro atoms. The molecule has 2 amide bonds. The fraction of sp³-hybridized carbons (Fsp3) is 0.500. The molecule has 3 aromatic rings. The molecule has 1 aliphatic carbocycles. The molecule has 0 radical (unpaired) electrons. The molecule has 35 heavy (non-hydrogen) atoms. The van der Waals surface area contributed by atoms with Gasteiger partial charge in [-0.25, -0.2) is 4.98 Å². The summed E-state index contributed by atoms with van der Waals surface area (Å²) in [6, 6.07) is 7.73. The van der Waals surface area contributed by atoms with Gasteiger partial charge in [0.1, 0.15) is 5.69 Å². The number of fused-ring (bicyclic) bond motifs is 2. The summed E-state index contributed by atoms with van der Waals surface area (Å²) in [6.07, 6.45) is 5.31. The van der Waals surface area contributed by atoms with E-state index in [4.69, 9.17) is 5.11 Å². The van der Waals surface area contributed by atoms with Gasteiger partial charge in [-0.2, -0.15) is 0 Å². The second-order valence-electron chi connectivity index (χ2n) is 9.71. The number of aliphatic hydroxyl groups is 1. The van der Waals surface area contributed by atoms with Crippen molar-refractivity contribution in [3.8, 4) is 0 Å². The third-order valence-electron chi connectivity index (χ3n) is 7.06. The van der Waals surface area contributed by atoms with E-state index < -0.39 is 0 Å². The Hall–Kier alpha value is -2.75. The number of aromatic amines is 1. The molecule has 1 fully saturated rings. The Labute approximate surface area is 209 Å². The topological polar surface area (TPSA) is 110 Å². The van der Waals surface area contributed by atoms with Gasteiger partial charge in [0.25, 0.3) is 11.8 Å². The number of aryl methyl sites for hydroxylation is 1. The van der Waals surface area contributed by atoms with Gasteiger partial charge in [0.2, 0.25) is 0 Å². The molecule has 1 aromatic carbocycles. The normalized spacial score (nSPS) is 20.5. The van der Waals surface area contributed by atoms with Crippen LogP contribution in [-0.4, -0.2) is 63.6 Å². The average Bonchev–Trinajstić information content (AvgIpc) is 3.47. The molecule has 186 valence electrons. The minimum absolute atomic E-state index is 0.114. The lowest BCUT2D eigenvalue weighted by molar-refractivity contribution is 0.0860. The Morgan fingerprint density at radius 3 is 2.71 bits per heavy atom. The number of hydrogen-bond donors (Lipinski definition) is 4. The van der Waals surface area contributed by atoms with E-state index in [9.17, 15) is 9.59 Å². The van der Waals surface area contributed by atoms with Crippen LogP contribution in [0.3, 0.4) is 0 Å². The highest BCUT2D eigenvalue weighted by molar-refractivity contribution is 7.13. The zero-order valence-electron chi connectivity index (χ0n) is 20.1. The van der Waals surface area contributed by atoms with Gasteiger partial charge in [-0.05, 0) is 44.4 Å². The smallest absolute Gasteiger partial charge is 0.280 e. The number of hydrogen-bond acceptors (Lipinski definition) is 6. The first-order valence-corrected chi connectivity index (χ1v) is 13.3. The summed E-state index contributed by atoms with van der Waals surface area (Å²) >= 11 is 1.47.